The zero-order valence-corrected chi connectivity index (χ0v) is 15.8. The van der Waals surface area contributed by atoms with Crippen molar-refractivity contribution in [2.75, 3.05) is 12.4 Å². The fraction of sp³-hybridized carbons (Fsp3) is 0.250. The fourth-order valence-corrected chi connectivity index (χ4v) is 2.37. The molecule has 29 heavy (non-hydrogen) atoms. The van der Waals surface area contributed by atoms with E-state index in [-0.39, 0.29) is 18.5 Å². The van der Waals surface area contributed by atoms with E-state index in [0.717, 1.165) is 23.3 Å². The minimum absolute atomic E-state index is 0.0123. The first-order chi connectivity index (χ1) is 13.7. The first-order valence-corrected chi connectivity index (χ1v) is 8.62. The van der Waals surface area contributed by atoms with Gasteiger partial charge in [-0.1, -0.05) is 6.07 Å². The summed E-state index contributed by atoms with van der Waals surface area (Å²) < 4.78 is 43.1. The van der Waals surface area contributed by atoms with Gasteiger partial charge in [0, 0.05) is 18.5 Å². The van der Waals surface area contributed by atoms with E-state index in [1.54, 1.807) is 19.2 Å². The lowest BCUT2D eigenvalue weighted by molar-refractivity contribution is -0.137. The minimum Gasteiger partial charge on any atom is -0.497 e. The molecule has 0 aliphatic carbocycles. The van der Waals surface area contributed by atoms with Crippen LogP contribution in [0.25, 0.3) is 0 Å². The average Bonchev–Trinajstić information content (AvgIpc) is 2.67. The second kappa shape index (κ2) is 9.72. The van der Waals surface area contributed by atoms with E-state index in [0.29, 0.717) is 5.75 Å². The number of hydrogen-bond donors (Lipinski definition) is 2. The molecule has 0 aliphatic heterocycles. The third kappa shape index (κ3) is 6.95. The Morgan fingerprint density at radius 2 is 1.83 bits per heavy atom. The van der Waals surface area contributed by atoms with Gasteiger partial charge in [-0.3, -0.25) is 9.59 Å². The molecule has 0 saturated heterocycles. The van der Waals surface area contributed by atoms with Crippen molar-refractivity contribution in [3.05, 3.63) is 59.2 Å². The Kier molecular flexibility index (Phi) is 7.35. The van der Waals surface area contributed by atoms with Crippen LogP contribution in [-0.4, -0.2) is 25.1 Å². The van der Waals surface area contributed by atoms with E-state index >= 15 is 0 Å². The molecule has 0 unspecified atom stereocenters. The van der Waals surface area contributed by atoms with Crippen molar-refractivity contribution in [3.8, 4) is 5.75 Å². The van der Waals surface area contributed by atoms with E-state index in [4.69, 9.17) is 4.74 Å². The van der Waals surface area contributed by atoms with Crippen LogP contribution in [-0.2, 0) is 15.8 Å². The summed E-state index contributed by atoms with van der Waals surface area (Å²) in [7, 11) is 1.56. The Balaban J connectivity index is 1.81. The molecule has 6 nitrogen and oxygen atoms in total. The summed E-state index contributed by atoms with van der Waals surface area (Å²) in [5.41, 5.74) is 3.14. The van der Waals surface area contributed by atoms with Crippen molar-refractivity contribution in [3.63, 3.8) is 0 Å². The first-order valence-electron chi connectivity index (χ1n) is 8.62. The van der Waals surface area contributed by atoms with Gasteiger partial charge >= 0.3 is 6.18 Å². The fourth-order valence-electron chi connectivity index (χ4n) is 2.37. The van der Waals surface area contributed by atoms with Crippen molar-refractivity contribution in [2.45, 2.75) is 25.9 Å². The highest BCUT2D eigenvalue weighted by Gasteiger charge is 2.30. The van der Waals surface area contributed by atoms with Crippen LogP contribution >= 0.6 is 0 Å². The van der Waals surface area contributed by atoms with Crippen molar-refractivity contribution in [2.24, 2.45) is 5.10 Å². The van der Waals surface area contributed by atoms with Gasteiger partial charge in [-0.25, -0.2) is 5.43 Å². The lowest BCUT2D eigenvalue weighted by Gasteiger charge is -2.09. The van der Waals surface area contributed by atoms with Crippen LogP contribution in [0.15, 0.2) is 47.6 Å². The topological polar surface area (TPSA) is 79.8 Å². The van der Waals surface area contributed by atoms with E-state index in [1.165, 1.54) is 18.3 Å². The number of amides is 2. The minimum atomic E-state index is -4.50. The Labute approximate surface area is 165 Å². The summed E-state index contributed by atoms with van der Waals surface area (Å²) in [4.78, 5) is 23.6. The molecule has 0 fully saturated rings. The monoisotopic (exact) mass is 407 g/mol. The number of alkyl halides is 3. The van der Waals surface area contributed by atoms with Gasteiger partial charge in [0.1, 0.15) is 5.75 Å². The number of nitrogens with zero attached hydrogens (tertiary/aromatic N) is 1. The van der Waals surface area contributed by atoms with Gasteiger partial charge < -0.3 is 10.1 Å². The molecule has 9 heteroatoms. The number of halogens is 3. The van der Waals surface area contributed by atoms with Crippen molar-refractivity contribution >= 4 is 23.7 Å². The van der Waals surface area contributed by atoms with Gasteiger partial charge in [-0.05, 0) is 54.4 Å². The van der Waals surface area contributed by atoms with Gasteiger partial charge in [-0.15, -0.1) is 0 Å². The second-order valence-electron chi connectivity index (χ2n) is 6.14. The smallest absolute Gasteiger partial charge is 0.416 e. The molecule has 0 heterocycles. The van der Waals surface area contributed by atoms with Crippen molar-refractivity contribution < 1.29 is 27.5 Å². The van der Waals surface area contributed by atoms with Crippen LogP contribution in [0.1, 0.15) is 29.5 Å². The standard InChI is InChI=1S/C20H20F3N3O3/c1-13-10-17(29-2)7-6-14(13)12-24-26-19(28)9-8-18(27)25-16-5-3-4-15(11-16)20(21,22)23/h3-7,10-12H,8-9H2,1-2H3,(H,25,27)(H,26,28). The third-order valence-corrected chi connectivity index (χ3v) is 3.92. The number of rotatable bonds is 7. The SMILES string of the molecule is COc1ccc(C=NNC(=O)CCC(=O)Nc2cccc(C(F)(F)F)c2)c(C)c1. The van der Waals surface area contributed by atoms with E-state index < -0.39 is 23.6 Å². The normalized spacial score (nSPS) is 11.3. The zero-order valence-electron chi connectivity index (χ0n) is 15.8. The van der Waals surface area contributed by atoms with Gasteiger partial charge in [0.25, 0.3) is 0 Å². The van der Waals surface area contributed by atoms with Gasteiger partial charge in [0.05, 0.1) is 18.9 Å². The molecule has 2 aromatic carbocycles. The average molecular weight is 407 g/mol. The highest BCUT2D eigenvalue weighted by Crippen LogP contribution is 2.30. The number of benzene rings is 2. The molecule has 0 bridgehead atoms. The quantitative estimate of drug-likeness (QED) is 0.540. The first kappa shape index (κ1) is 21.9. The summed E-state index contributed by atoms with van der Waals surface area (Å²) in [6.45, 7) is 1.86. The predicted molar refractivity (Wildman–Crippen MR) is 103 cm³/mol. The number of anilines is 1. The maximum absolute atomic E-state index is 12.7. The molecule has 0 atom stereocenters. The zero-order chi connectivity index (χ0) is 21.4. The molecular formula is C20H20F3N3O3. The van der Waals surface area contributed by atoms with Gasteiger partial charge in [0.15, 0.2) is 0 Å². The molecule has 2 aromatic rings. The molecule has 2 N–H and O–H groups in total. The maximum atomic E-state index is 12.7. The molecule has 0 spiro atoms. The molecule has 0 radical (unpaired) electrons. The molecule has 0 aliphatic rings. The molecule has 2 rings (SSSR count). The van der Waals surface area contributed by atoms with Crippen LogP contribution in [0.2, 0.25) is 0 Å². The number of nitrogens with one attached hydrogen (secondary N) is 2. The number of carbonyl (C=O) groups excluding carboxylic acids is 2. The predicted octanol–water partition coefficient (Wildman–Crippen LogP) is 3.89. The third-order valence-electron chi connectivity index (χ3n) is 3.92. The Morgan fingerprint density at radius 3 is 2.48 bits per heavy atom. The summed E-state index contributed by atoms with van der Waals surface area (Å²) in [5.74, 6) is -0.364. The maximum Gasteiger partial charge on any atom is 0.416 e. The number of hydrazone groups is 1. The number of methoxy groups -OCH3 is 1. The molecule has 154 valence electrons. The number of aryl methyl sites for hydroxylation is 1. The van der Waals surface area contributed by atoms with Gasteiger partial charge in [0.2, 0.25) is 11.8 Å². The van der Waals surface area contributed by atoms with Gasteiger partial charge in [-0.2, -0.15) is 18.3 Å². The Hall–Kier alpha value is -3.36. The number of ether oxygens (including phenoxy) is 1. The highest BCUT2D eigenvalue weighted by atomic mass is 19.4. The van der Waals surface area contributed by atoms with Crippen molar-refractivity contribution in [1.29, 1.82) is 0 Å². The molecular weight excluding hydrogens is 387 g/mol. The van der Waals surface area contributed by atoms with Crippen LogP contribution < -0.4 is 15.5 Å². The largest absolute Gasteiger partial charge is 0.497 e. The van der Waals surface area contributed by atoms with E-state index in [9.17, 15) is 22.8 Å². The summed E-state index contributed by atoms with van der Waals surface area (Å²) in [6.07, 6.45) is -3.39. The molecule has 2 amide bonds. The summed E-state index contributed by atoms with van der Waals surface area (Å²) in [6, 6.07) is 9.64. The van der Waals surface area contributed by atoms with Crippen LogP contribution in [0.5, 0.6) is 5.75 Å². The van der Waals surface area contributed by atoms with Crippen LogP contribution in [0.3, 0.4) is 0 Å². The summed E-state index contributed by atoms with van der Waals surface area (Å²) >= 11 is 0. The van der Waals surface area contributed by atoms with Crippen LogP contribution in [0, 0.1) is 6.92 Å². The Morgan fingerprint density at radius 1 is 1.10 bits per heavy atom. The van der Waals surface area contributed by atoms with Crippen molar-refractivity contribution in [1.82, 2.24) is 5.43 Å². The summed E-state index contributed by atoms with van der Waals surface area (Å²) in [5, 5.41) is 6.18. The Bertz CT molecular complexity index is 911. The lowest BCUT2D eigenvalue weighted by atomic mass is 10.1. The second-order valence-corrected chi connectivity index (χ2v) is 6.14. The number of carbonyl (C=O) groups is 2. The van der Waals surface area contributed by atoms with E-state index in [1.807, 2.05) is 13.0 Å². The highest BCUT2D eigenvalue weighted by molar-refractivity contribution is 5.93. The van der Waals surface area contributed by atoms with E-state index in [2.05, 4.69) is 15.8 Å². The molecule has 0 aromatic heterocycles. The van der Waals surface area contributed by atoms with Crippen LogP contribution in [0.4, 0.5) is 18.9 Å². The lowest BCUT2D eigenvalue weighted by Crippen LogP contribution is -2.20. The number of hydrogen-bond acceptors (Lipinski definition) is 4. The molecule has 0 saturated carbocycles.